The van der Waals surface area contributed by atoms with E-state index in [4.69, 9.17) is 0 Å². The summed E-state index contributed by atoms with van der Waals surface area (Å²) in [5, 5.41) is 6.72. The zero-order valence-electron chi connectivity index (χ0n) is 9.93. The van der Waals surface area contributed by atoms with E-state index in [0.29, 0.717) is 25.3 Å². The highest BCUT2D eigenvalue weighted by Gasteiger charge is 2.10. The molecule has 0 unspecified atom stereocenters. The Morgan fingerprint density at radius 3 is 2.94 bits per heavy atom. The van der Waals surface area contributed by atoms with E-state index in [2.05, 4.69) is 20.0 Å². The van der Waals surface area contributed by atoms with Gasteiger partial charge >= 0.3 is 0 Å². The number of nitrogens with one attached hydrogen (secondary N) is 1. The molecule has 1 heterocycles. The predicted molar refractivity (Wildman–Crippen MR) is 58.8 cm³/mol. The minimum Gasteiger partial charge on any atom is -0.343 e. The molecule has 0 fully saturated rings. The van der Waals surface area contributed by atoms with Gasteiger partial charge in [-0.05, 0) is 13.8 Å². The second-order valence-corrected chi connectivity index (χ2v) is 3.87. The minimum atomic E-state index is 0.0862. The van der Waals surface area contributed by atoms with E-state index in [1.807, 2.05) is 13.8 Å². The van der Waals surface area contributed by atoms with Gasteiger partial charge in [0.15, 0.2) is 5.82 Å². The van der Waals surface area contributed by atoms with Gasteiger partial charge < -0.3 is 14.7 Å². The van der Waals surface area contributed by atoms with E-state index in [1.54, 1.807) is 11.9 Å². The Hall–Kier alpha value is -1.43. The molecule has 1 amide bonds. The quantitative estimate of drug-likeness (QED) is 0.695. The molecule has 1 aromatic heterocycles. The van der Waals surface area contributed by atoms with Crippen LogP contribution in [0, 0.1) is 0 Å². The molecule has 0 atom stereocenters. The first-order chi connectivity index (χ1) is 7.61. The van der Waals surface area contributed by atoms with Gasteiger partial charge in [-0.25, -0.2) is 0 Å². The van der Waals surface area contributed by atoms with Crippen molar-refractivity contribution in [1.82, 2.24) is 20.4 Å². The monoisotopic (exact) mass is 226 g/mol. The number of rotatable bonds is 6. The maximum absolute atomic E-state index is 11.6. The molecule has 6 nitrogen and oxygen atoms in total. The van der Waals surface area contributed by atoms with Gasteiger partial charge in [0, 0.05) is 26.1 Å². The van der Waals surface area contributed by atoms with Crippen LogP contribution in [0.5, 0.6) is 0 Å². The lowest BCUT2D eigenvalue weighted by Crippen LogP contribution is -2.39. The van der Waals surface area contributed by atoms with E-state index in [-0.39, 0.29) is 11.9 Å². The molecule has 16 heavy (non-hydrogen) atoms. The fourth-order valence-electron chi connectivity index (χ4n) is 1.11. The average molecular weight is 226 g/mol. The molecule has 0 aliphatic carbocycles. The first-order valence-electron chi connectivity index (χ1n) is 5.33. The average Bonchev–Trinajstić information content (AvgIpc) is 2.75. The van der Waals surface area contributed by atoms with Gasteiger partial charge in [-0.3, -0.25) is 4.79 Å². The summed E-state index contributed by atoms with van der Waals surface area (Å²) in [6, 6.07) is 0.228. The van der Waals surface area contributed by atoms with Gasteiger partial charge in [-0.2, -0.15) is 4.98 Å². The normalized spacial score (nSPS) is 10.8. The number of hydrogen-bond donors (Lipinski definition) is 1. The Bertz CT molecular complexity index is 311. The highest BCUT2D eigenvalue weighted by molar-refractivity contribution is 5.78. The number of carbonyl (C=O) groups is 1. The van der Waals surface area contributed by atoms with Crippen molar-refractivity contribution in [3.8, 4) is 0 Å². The maximum Gasteiger partial charge on any atom is 0.236 e. The van der Waals surface area contributed by atoms with Crippen LogP contribution >= 0.6 is 0 Å². The molecule has 1 aromatic rings. The van der Waals surface area contributed by atoms with Crippen LogP contribution in [0.1, 0.15) is 19.7 Å². The van der Waals surface area contributed by atoms with Crippen LogP contribution in [0.3, 0.4) is 0 Å². The highest BCUT2D eigenvalue weighted by Crippen LogP contribution is 1.93. The fourth-order valence-corrected chi connectivity index (χ4v) is 1.11. The summed E-state index contributed by atoms with van der Waals surface area (Å²) in [5.41, 5.74) is 0. The Morgan fingerprint density at radius 1 is 1.62 bits per heavy atom. The lowest BCUT2D eigenvalue weighted by atomic mass is 10.3. The Kier molecular flexibility index (Phi) is 4.91. The molecular weight excluding hydrogens is 208 g/mol. The minimum absolute atomic E-state index is 0.0862. The van der Waals surface area contributed by atoms with Crippen molar-refractivity contribution < 1.29 is 9.32 Å². The van der Waals surface area contributed by atoms with E-state index < -0.39 is 0 Å². The molecule has 0 radical (unpaired) electrons. The summed E-state index contributed by atoms with van der Waals surface area (Å²) in [4.78, 5) is 17.2. The molecule has 0 saturated carbocycles. The lowest BCUT2D eigenvalue weighted by Gasteiger charge is -2.21. The largest absolute Gasteiger partial charge is 0.343 e. The van der Waals surface area contributed by atoms with E-state index in [9.17, 15) is 4.79 Å². The fraction of sp³-hybridized carbons (Fsp3) is 0.700. The zero-order chi connectivity index (χ0) is 12.0. The molecule has 0 aliphatic heterocycles. The van der Waals surface area contributed by atoms with Gasteiger partial charge in [0.2, 0.25) is 12.3 Å². The maximum atomic E-state index is 11.6. The smallest absolute Gasteiger partial charge is 0.236 e. The van der Waals surface area contributed by atoms with Crippen LogP contribution in [-0.2, 0) is 11.2 Å². The highest BCUT2D eigenvalue weighted by atomic mass is 16.5. The van der Waals surface area contributed by atoms with Crippen molar-refractivity contribution in [1.29, 1.82) is 0 Å². The van der Waals surface area contributed by atoms with Crippen LogP contribution in [0.2, 0.25) is 0 Å². The standard InChI is InChI=1S/C10H18N4O2/c1-8(2)14(3)10(15)6-11-5-4-9-12-7-16-13-9/h7-8,11H,4-6H2,1-3H3. The van der Waals surface area contributed by atoms with Gasteiger partial charge in [0.25, 0.3) is 0 Å². The van der Waals surface area contributed by atoms with Gasteiger partial charge in [-0.1, -0.05) is 5.16 Å². The molecular formula is C10H18N4O2. The first kappa shape index (κ1) is 12.6. The number of nitrogens with zero attached hydrogens (tertiary/aromatic N) is 3. The summed E-state index contributed by atoms with van der Waals surface area (Å²) in [5.74, 6) is 0.736. The summed E-state index contributed by atoms with van der Waals surface area (Å²) in [6.45, 7) is 4.97. The Labute approximate surface area is 95.0 Å². The van der Waals surface area contributed by atoms with Crippen LogP contribution in [-0.4, -0.2) is 47.1 Å². The van der Waals surface area contributed by atoms with Crippen molar-refractivity contribution in [2.24, 2.45) is 0 Å². The molecule has 0 aromatic carbocycles. The molecule has 1 rings (SSSR count). The SMILES string of the molecule is CC(C)N(C)C(=O)CNCCc1ncon1. The number of hydrogen-bond acceptors (Lipinski definition) is 5. The summed E-state index contributed by atoms with van der Waals surface area (Å²) >= 11 is 0. The molecule has 90 valence electrons. The van der Waals surface area contributed by atoms with Gasteiger partial charge in [0.05, 0.1) is 6.54 Å². The molecule has 1 N–H and O–H groups in total. The van der Waals surface area contributed by atoms with Crippen LogP contribution < -0.4 is 5.32 Å². The summed E-state index contributed by atoms with van der Waals surface area (Å²) < 4.78 is 4.60. The van der Waals surface area contributed by atoms with Crippen molar-refractivity contribution in [2.75, 3.05) is 20.1 Å². The van der Waals surface area contributed by atoms with Crippen LogP contribution in [0.4, 0.5) is 0 Å². The van der Waals surface area contributed by atoms with Crippen molar-refractivity contribution in [3.63, 3.8) is 0 Å². The summed E-state index contributed by atoms with van der Waals surface area (Å²) in [7, 11) is 1.80. The van der Waals surface area contributed by atoms with E-state index in [0.717, 1.165) is 0 Å². The summed E-state index contributed by atoms with van der Waals surface area (Å²) in [6.07, 6.45) is 1.96. The van der Waals surface area contributed by atoms with Gasteiger partial charge in [0.1, 0.15) is 0 Å². The van der Waals surface area contributed by atoms with Gasteiger partial charge in [-0.15, -0.1) is 0 Å². The predicted octanol–water partition coefficient (Wildman–Crippen LogP) is 0.0685. The number of likely N-dealkylation sites (N-methyl/N-ethyl adjacent to an activating group) is 1. The lowest BCUT2D eigenvalue weighted by molar-refractivity contribution is -0.130. The second kappa shape index (κ2) is 6.22. The number of carbonyl (C=O) groups excluding carboxylic acids is 1. The molecule has 0 spiro atoms. The molecule has 0 bridgehead atoms. The zero-order valence-corrected chi connectivity index (χ0v) is 9.93. The Morgan fingerprint density at radius 2 is 2.38 bits per heavy atom. The Balaban J connectivity index is 2.13. The van der Waals surface area contributed by atoms with E-state index >= 15 is 0 Å². The molecule has 0 aliphatic rings. The van der Waals surface area contributed by atoms with Crippen molar-refractivity contribution >= 4 is 5.91 Å². The number of amides is 1. The topological polar surface area (TPSA) is 71.3 Å². The van der Waals surface area contributed by atoms with E-state index in [1.165, 1.54) is 6.39 Å². The third-order valence-corrected chi connectivity index (χ3v) is 2.38. The molecule has 0 saturated heterocycles. The van der Waals surface area contributed by atoms with Crippen molar-refractivity contribution in [3.05, 3.63) is 12.2 Å². The third kappa shape index (κ3) is 3.98. The second-order valence-electron chi connectivity index (χ2n) is 3.87. The first-order valence-corrected chi connectivity index (χ1v) is 5.33. The van der Waals surface area contributed by atoms with Crippen LogP contribution in [0.25, 0.3) is 0 Å². The van der Waals surface area contributed by atoms with Crippen LogP contribution in [0.15, 0.2) is 10.9 Å². The van der Waals surface area contributed by atoms with Crippen molar-refractivity contribution in [2.45, 2.75) is 26.3 Å². The molecule has 6 heteroatoms. The number of aromatic nitrogens is 2. The third-order valence-electron chi connectivity index (χ3n) is 2.38.